The highest BCUT2D eigenvalue weighted by atomic mass is 79.9. The molecule has 4 heteroatoms. The number of aldehydes is 1. The lowest BCUT2D eigenvalue weighted by Gasteiger charge is -2.33. The summed E-state index contributed by atoms with van der Waals surface area (Å²) in [5, 5.41) is 0. The van der Waals surface area contributed by atoms with E-state index in [0.29, 0.717) is 6.04 Å². The molecule has 1 unspecified atom stereocenters. The summed E-state index contributed by atoms with van der Waals surface area (Å²) in [6.45, 7) is 5.42. The zero-order valence-corrected chi connectivity index (χ0v) is 13.2. The van der Waals surface area contributed by atoms with E-state index in [1.165, 1.54) is 0 Å². The fourth-order valence-corrected chi connectivity index (χ4v) is 3.17. The molecule has 1 aliphatic heterocycles. The molecule has 2 rings (SSSR count). The lowest BCUT2D eigenvalue weighted by atomic mass is 10.1. The number of rotatable bonds is 3. The van der Waals surface area contributed by atoms with Gasteiger partial charge in [-0.25, -0.2) is 0 Å². The first-order valence-electron chi connectivity index (χ1n) is 6.85. The third-order valence-corrected chi connectivity index (χ3v) is 4.29. The summed E-state index contributed by atoms with van der Waals surface area (Å²) in [5.41, 5.74) is 1.85. The van der Waals surface area contributed by atoms with Crippen molar-refractivity contribution in [3.05, 3.63) is 28.2 Å². The second kappa shape index (κ2) is 6.53. The molecule has 3 nitrogen and oxygen atoms in total. The van der Waals surface area contributed by atoms with Crippen molar-refractivity contribution in [1.82, 2.24) is 4.90 Å². The molecular weight excluding hydrogens is 304 g/mol. The normalized spacial score (nSPS) is 21.2. The van der Waals surface area contributed by atoms with E-state index in [1.54, 1.807) is 0 Å². The van der Waals surface area contributed by atoms with E-state index in [0.717, 1.165) is 54.5 Å². The van der Waals surface area contributed by atoms with Gasteiger partial charge in [-0.3, -0.25) is 4.79 Å². The van der Waals surface area contributed by atoms with Crippen LogP contribution in [0.25, 0.3) is 0 Å². The maximum Gasteiger partial charge on any atom is 0.152 e. The van der Waals surface area contributed by atoms with Gasteiger partial charge in [-0.15, -0.1) is 0 Å². The molecule has 0 spiro atoms. The molecule has 0 aliphatic carbocycles. The summed E-state index contributed by atoms with van der Waals surface area (Å²) < 4.78 is 0.957. The van der Waals surface area contributed by atoms with Gasteiger partial charge in [-0.2, -0.15) is 0 Å². The number of hydrogen-bond acceptors (Lipinski definition) is 3. The molecule has 1 aliphatic rings. The number of halogens is 1. The van der Waals surface area contributed by atoms with E-state index in [9.17, 15) is 4.79 Å². The number of benzene rings is 1. The van der Waals surface area contributed by atoms with Crippen LogP contribution in [0.1, 0.15) is 30.1 Å². The standard InChI is InChI=1S/C15H21BrN2O/c1-3-14-10-17(2)7-4-8-18(14)15-6-5-13(16)9-12(15)11-19/h5-6,9,11,14H,3-4,7-8,10H2,1-2H3. The topological polar surface area (TPSA) is 23.6 Å². The first-order valence-corrected chi connectivity index (χ1v) is 7.65. The third-order valence-electron chi connectivity index (χ3n) is 3.80. The van der Waals surface area contributed by atoms with Crippen LogP contribution in [0.15, 0.2) is 22.7 Å². The Balaban J connectivity index is 2.34. The summed E-state index contributed by atoms with van der Waals surface area (Å²) in [4.78, 5) is 16.1. The number of anilines is 1. The second-order valence-corrected chi connectivity index (χ2v) is 6.11. The van der Waals surface area contributed by atoms with Gasteiger partial charge in [0.05, 0.1) is 0 Å². The third kappa shape index (κ3) is 3.37. The Morgan fingerprint density at radius 3 is 2.89 bits per heavy atom. The number of carbonyl (C=O) groups is 1. The Morgan fingerprint density at radius 1 is 1.42 bits per heavy atom. The number of hydrogen-bond donors (Lipinski definition) is 0. The predicted molar refractivity (Wildman–Crippen MR) is 83.1 cm³/mol. The van der Waals surface area contributed by atoms with E-state index in [2.05, 4.69) is 45.8 Å². The molecule has 1 saturated heterocycles. The molecule has 0 N–H and O–H groups in total. The quantitative estimate of drug-likeness (QED) is 0.798. The summed E-state index contributed by atoms with van der Waals surface area (Å²) >= 11 is 3.43. The lowest BCUT2D eigenvalue weighted by Crippen LogP contribution is -2.40. The van der Waals surface area contributed by atoms with Crippen LogP contribution < -0.4 is 4.90 Å². The van der Waals surface area contributed by atoms with Gasteiger partial charge in [0.1, 0.15) is 0 Å². The van der Waals surface area contributed by atoms with Crippen molar-refractivity contribution >= 4 is 27.9 Å². The monoisotopic (exact) mass is 324 g/mol. The van der Waals surface area contributed by atoms with E-state index in [4.69, 9.17) is 0 Å². The van der Waals surface area contributed by atoms with Crippen LogP contribution in [0.3, 0.4) is 0 Å². The zero-order chi connectivity index (χ0) is 13.8. The van der Waals surface area contributed by atoms with E-state index >= 15 is 0 Å². The number of likely N-dealkylation sites (N-methyl/N-ethyl adjacent to an activating group) is 1. The molecule has 0 amide bonds. The van der Waals surface area contributed by atoms with Crippen molar-refractivity contribution in [3.63, 3.8) is 0 Å². The van der Waals surface area contributed by atoms with Gasteiger partial charge in [0, 0.05) is 34.9 Å². The fraction of sp³-hybridized carbons (Fsp3) is 0.533. The van der Waals surface area contributed by atoms with Gasteiger partial charge in [-0.05, 0) is 44.6 Å². The molecule has 19 heavy (non-hydrogen) atoms. The van der Waals surface area contributed by atoms with Crippen molar-refractivity contribution in [2.24, 2.45) is 0 Å². The van der Waals surface area contributed by atoms with E-state index < -0.39 is 0 Å². The van der Waals surface area contributed by atoms with Crippen LogP contribution in [0.2, 0.25) is 0 Å². The highest BCUT2D eigenvalue weighted by molar-refractivity contribution is 9.10. The smallest absolute Gasteiger partial charge is 0.152 e. The maximum atomic E-state index is 11.3. The molecule has 0 saturated carbocycles. The van der Waals surface area contributed by atoms with Crippen LogP contribution in [-0.4, -0.2) is 43.9 Å². The van der Waals surface area contributed by atoms with Crippen molar-refractivity contribution in [1.29, 1.82) is 0 Å². The molecule has 0 aromatic heterocycles. The summed E-state index contributed by atoms with van der Waals surface area (Å²) in [7, 11) is 2.17. The summed E-state index contributed by atoms with van der Waals surface area (Å²) in [6, 6.07) is 6.46. The van der Waals surface area contributed by atoms with Gasteiger partial charge >= 0.3 is 0 Å². The Bertz CT molecular complexity index is 450. The summed E-state index contributed by atoms with van der Waals surface area (Å²) in [6.07, 6.45) is 3.20. The predicted octanol–water partition coefficient (Wildman–Crippen LogP) is 3.18. The Labute approximate surface area is 123 Å². The lowest BCUT2D eigenvalue weighted by molar-refractivity contribution is 0.112. The highest BCUT2D eigenvalue weighted by Gasteiger charge is 2.23. The number of nitrogens with zero attached hydrogens (tertiary/aromatic N) is 2. The Morgan fingerprint density at radius 2 is 2.21 bits per heavy atom. The molecule has 1 atom stereocenters. The van der Waals surface area contributed by atoms with Crippen molar-refractivity contribution in [2.75, 3.05) is 31.6 Å². The van der Waals surface area contributed by atoms with Crippen molar-refractivity contribution in [3.8, 4) is 0 Å². The Hall–Kier alpha value is -0.870. The molecule has 1 heterocycles. The first kappa shape index (κ1) is 14.5. The molecule has 1 aromatic carbocycles. The molecule has 0 radical (unpaired) electrons. The van der Waals surface area contributed by atoms with Gasteiger partial charge in [0.2, 0.25) is 0 Å². The number of carbonyl (C=O) groups excluding carboxylic acids is 1. The van der Waals surface area contributed by atoms with Crippen molar-refractivity contribution in [2.45, 2.75) is 25.8 Å². The fourth-order valence-electron chi connectivity index (χ4n) is 2.79. The van der Waals surface area contributed by atoms with E-state index in [1.807, 2.05) is 12.1 Å². The van der Waals surface area contributed by atoms with Crippen LogP contribution >= 0.6 is 15.9 Å². The molecule has 1 aromatic rings. The van der Waals surface area contributed by atoms with Gasteiger partial charge in [-0.1, -0.05) is 22.9 Å². The molecule has 104 valence electrons. The van der Waals surface area contributed by atoms with Crippen LogP contribution in [0, 0.1) is 0 Å². The van der Waals surface area contributed by atoms with Crippen LogP contribution in [0.4, 0.5) is 5.69 Å². The zero-order valence-electron chi connectivity index (χ0n) is 11.6. The van der Waals surface area contributed by atoms with Crippen LogP contribution in [-0.2, 0) is 0 Å². The molecule has 1 fully saturated rings. The van der Waals surface area contributed by atoms with Crippen molar-refractivity contribution < 1.29 is 4.79 Å². The minimum Gasteiger partial charge on any atom is -0.367 e. The highest BCUT2D eigenvalue weighted by Crippen LogP contribution is 2.27. The maximum absolute atomic E-state index is 11.3. The van der Waals surface area contributed by atoms with Gasteiger partial charge < -0.3 is 9.80 Å². The molecular formula is C15H21BrN2O. The van der Waals surface area contributed by atoms with Gasteiger partial charge in [0.15, 0.2) is 6.29 Å². The summed E-state index contributed by atoms with van der Waals surface area (Å²) in [5.74, 6) is 0. The van der Waals surface area contributed by atoms with Gasteiger partial charge in [0.25, 0.3) is 0 Å². The SMILES string of the molecule is CCC1CN(C)CCCN1c1ccc(Br)cc1C=O. The Kier molecular flexibility index (Phi) is 4.99. The average Bonchev–Trinajstić information content (AvgIpc) is 2.60. The van der Waals surface area contributed by atoms with E-state index in [-0.39, 0.29) is 0 Å². The molecule has 0 bridgehead atoms. The second-order valence-electron chi connectivity index (χ2n) is 5.19. The minimum atomic E-state index is 0.479. The van der Waals surface area contributed by atoms with Crippen LogP contribution in [0.5, 0.6) is 0 Å². The minimum absolute atomic E-state index is 0.479. The largest absolute Gasteiger partial charge is 0.367 e. The first-order chi connectivity index (χ1) is 9.15. The average molecular weight is 325 g/mol.